The molecule has 43 heavy (non-hydrogen) atoms. The first-order valence-corrected chi connectivity index (χ1v) is 14.7. The van der Waals surface area contributed by atoms with E-state index in [1.54, 1.807) is 0 Å². The van der Waals surface area contributed by atoms with Crippen molar-refractivity contribution in [3.8, 4) is 11.3 Å². The highest BCUT2D eigenvalue weighted by molar-refractivity contribution is 5.98. The predicted octanol–water partition coefficient (Wildman–Crippen LogP) is 5.79. The molecule has 7 heteroatoms. The Morgan fingerprint density at radius 1 is 0.860 bits per heavy atom. The van der Waals surface area contributed by atoms with E-state index < -0.39 is 23.6 Å². The van der Waals surface area contributed by atoms with Gasteiger partial charge in [-0.2, -0.15) is 0 Å². The molecule has 4 atom stereocenters. The second kappa shape index (κ2) is 9.85. The van der Waals surface area contributed by atoms with Crippen molar-refractivity contribution >= 4 is 23.0 Å². The molecule has 2 fully saturated rings. The lowest BCUT2D eigenvalue weighted by atomic mass is 9.72. The lowest BCUT2D eigenvalue weighted by molar-refractivity contribution is -0.136. The number of aromatic nitrogens is 2. The van der Waals surface area contributed by atoms with Gasteiger partial charge in [0.2, 0.25) is 5.91 Å². The quantitative estimate of drug-likeness (QED) is 0.274. The summed E-state index contributed by atoms with van der Waals surface area (Å²) in [6.45, 7) is 0.775. The number of para-hydroxylation sites is 2. The van der Waals surface area contributed by atoms with Crippen LogP contribution < -0.4 is 0 Å². The molecule has 0 N–H and O–H groups in total. The van der Waals surface area contributed by atoms with E-state index in [0.717, 1.165) is 44.7 Å². The summed E-state index contributed by atoms with van der Waals surface area (Å²) in [7, 11) is 2.07. The van der Waals surface area contributed by atoms with Crippen LogP contribution in [0, 0.1) is 5.92 Å². The van der Waals surface area contributed by atoms with Crippen molar-refractivity contribution in [1.29, 1.82) is 0 Å². The van der Waals surface area contributed by atoms with Crippen molar-refractivity contribution in [2.45, 2.75) is 23.9 Å². The number of carbonyl (C=O) groups excluding carboxylic acids is 2. The number of amides is 2. The SMILES string of the molecule is CN1C[C@@H](c2ccccc2)[C@H](C(=O)N2C(=O)OC[C@@H]2Cc2ccccc2)[C@]12c1ccccc1-c1nc3ccccc3nc12. The summed E-state index contributed by atoms with van der Waals surface area (Å²) in [4.78, 5) is 42.6. The van der Waals surface area contributed by atoms with Crippen LogP contribution in [0.25, 0.3) is 22.3 Å². The van der Waals surface area contributed by atoms with E-state index in [0.29, 0.717) is 13.0 Å². The Morgan fingerprint density at radius 3 is 2.28 bits per heavy atom. The summed E-state index contributed by atoms with van der Waals surface area (Å²) in [5, 5.41) is 0. The molecular formula is C36H30N4O3. The molecule has 5 aromatic rings. The number of likely N-dealkylation sites (tertiary alicyclic amines) is 1. The van der Waals surface area contributed by atoms with Crippen LogP contribution in [-0.2, 0) is 21.5 Å². The van der Waals surface area contributed by atoms with Crippen molar-refractivity contribution in [3.63, 3.8) is 0 Å². The topological polar surface area (TPSA) is 75.6 Å². The lowest BCUT2D eigenvalue weighted by Crippen LogP contribution is -2.52. The number of cyclic esters (lactones) is 1. The Hall–Kier alpha value is -4.88. The molecule has 1 aliphatic carbocycles. The highest BCUT2D eigenvalue weighted by Crippen LogP contribution is 2.60. The minimum Gasteiger partial charge on any atom is -0.447 e. The largest absolute Gasteiger partial charge is 0.447 e. The second-order valence-electron chi connectivity index (χ2n) is 11.7. The number of ether oxygens (including phenoxy) is 1. The first-order valence-electron chi connectivity index (χ1n) is 14.7. The fraction of sp³-hybridized carbons (Fsp3) is 0.222. The van der Waals surface area contributed by atoms with Crippen LogP contribution in [0.4, 0.5) is 4.79 Å². The first kappa shape index (κ1) is 25.8. The summed E-state index contributed by atoms with van der Waals surface area (Å²) < 4.78 is 5.57. The van der Waals surface area contributed by atoms with Crippen molar-refractivity contribution in [1.82, 2.24) is 19.8 Å². The molecule has 2 amide bonds. The summed E-state index contributed by atoms with van der Waals surface area (Å²) in [5.74, 6) is -1.09. The zero-order chi connectivity index (χ0) is 29.1. The van der Waals surface area contributed by atoms with E-state index in [4.69, 9.17) is 14.7 Å². The molecule has 0 bridgehead atoms. The smallest absolute Gasteiger partial charge is 0.416 e. The van der Waals surface area contributed by atoms with Gasteiger partial charge >= 0.3 is 6.09 Å². The molecule has 0 radical (unpaired) electrons. The number of fused-ring (bicyclic) bond motifs is 6. The van der Waals surface area contributed by atoms with Gasteiger partial charge in [0.1, 0.15) is 12.1 Å². The number of imide groups is 1. The number of hydrogen-bond donors (Lipinski definition) is 0. The van der Waals surface area contributed by atoms with Crippen LogP contribution in [-0.4, -0.2) is 58.0 Å². The number of rotatable bonds is 4. The van der Waals surface area contributed by atoms with E-state index >= 15 is 4.79 Å². The van der Waals surface area contributed by atoms with Crippen LogP contribution in [0.3, 0.4) is 0 Å². The van der Waals surface area contributed by atoms with E-state index in [-0.39, 0.29) is 18.4 Å². The molecule has 4 aromatic carbocycles. The fourth-order valence-corrected chi connectivity index (χ4v) is 7.64. The van der Waals surface area contributed by atoms with Crippen LogP contribution in [0.1, 0.15) is 28.3 Å². The third-order valence-corrected chi connectivity index (χ3v) is 9.46. The predicted molar refractivity (Wildman–Crippen MR) is 163 cm³/mol. The van der Waals surface area contributed by atoms with Crippen molar-refractivity contribution in [3.05, 3.63) is 132 Å². The summed E-state index contributed by atoms with van der Waals surface area (Å²) in [5.41, 5.74) is 6.27. The summed E-state index contributed by atoms with van der Waals surface area (Å²) >= 11 is 0. The van der Waals surface area contributed by atoms with Gasteiger partial charge in [0.15, 0.2) is 0 Å². The van der Waals surface area contributed by atoms with E-state index in [1.165, 1.54) is 4.90 Å². The minimum atomic E-state index is -0.930. The Morgan fingerprint density at radius 2 is 1.51 bits per heavy atom. The summed E-state index contributed by atoms with van der Waals surface area (Å²) in [6.07, 6.45) is -0.0554. The van der Waals surface area contributed by atoms with Gasteiger partial charge in [0.05, 0.1) is 34.4 Å². The van der Waals surface area contributed by atoms with Gasteiger partial charge in [-0.3, -0.25) is 9.69 Å². The zero-order valence-electron chi connectivity index (χ0n) is 23.8. The Bertz CT molecular complexity index is 1880. The van der Waals surface area contributed by atoms with Gasteiger partial charge in [-0.1, -0.05) is 97.1 Å². The maximum Gasteiger partial charge on any atom is 0.416 e. The summed E-state index contributed by atoms with van der Waals surface area (Å²) in [6, 6.07) is 35.8. The molecular weight excluding hydrogens is 536 g/mol. The normalized spacial score (nSPS) is 24.3. The molecule has 2 saturated heterocycles. The van der Waals surface area contributed by atoms with Crippen molar-refractivity contribution < 1.29 is 14.3 Å². The standard InChI is InChI=1S/C36H30N4O3/c1-39-21-27(24-14-6-3-7-15-24)31(34(41)40-25(22-43-35(40)42)20-23-12-4-2-5-13-23)36(39)28-17-9-8-16-26(28)32-33(36)38-30-19-11-10-18-29(30)37-32/h2-19,25,27,31H,20-22H2,1H3/t25-,27-,31+,36-/m0/s1. The van der Waals surface area contributed by atoms with Gasteiger partial charge < -0.3 is 4.74 Å². The molecule has 1 aromatic heterocycles. The van der Waals surface area contributed by atoms with Gasteiger partial charge in [0, 0.05) is 18.0 Å². The minimum absolute atomic E-state index is 0.169. The Labute approximate surface area is 249 Å². The first-order chi connectivity index (χ1) is 21.1. The van der Waals surface area contributed by atoms with Gasteiger partial charge in [-0.25, -0.2) is 19.7 Å². The van der Waals surface area contributed by atoms with Crippen LogP contribution >= 0.6 is 0 Å². The number of nitrogens with zero attached hydrogens (tertiary/aromatic N) is 4. The molecule has 212 valence electrons. The molecule has 8 rings (SSSR count). The average Bonchev–Trinajstić information content (AvgIpc) is 3.67. The molecule has 2 aliphatic heterocycles. The average molecular weight is 567 g/mol. The number of likely N-dealkylation sites (N-methyl/N-ethyl adjacent to an activating group) is 1. The van der Waals surface area contributed by atoms with Gasteiger partial charge in [0.25, 0.3) is 0 Å². The lowest BCUT2D eigenvalue weighted by Gasteiger charge is -2.39. The maximum atomic E-state index is 15.2. The maximum absolute atomic E-state index is 15.2. The molecule has 1 spiro atoms. The fourth-order valence-electron chi connectivity index (χ4n) is 7.64. The second-order valence-corrected chi connectivity index (χ2v) is 11.7. The van der Waals surface area contributed by atoms with Crippen molar-refractivity contribution in [2.75, 3.05) is 20.2 Å². The van der Waals surface area contributed by atoms with Crippen LogP contribution in [0.2, 0.25) is 0 Å². The van der Waals surface area contributed by atoms with E-state index in [1.807, 2.05) is 84.9 Å². The molecule has 0 unspecified atom stereocenters. The van der Waals surface area contributed by atoms with Crippen molar-refractivity contribution in [2.24, 2.45) is 5.92 Å². The molecule has 3 heterocycles. The number of carbonyl (C=O) groups is 2. The van der Waals surface area contributed by atoms with Gasteiger partial charge in [-0.15, -0.1) is 0 Å². The molecule has 7 nitrogen and oxygen atoms in total. The van der Waals surface area contributed by atoms with E-state index in [9.17, 15) is 4.79 Å². The number of hydrogen-bond acceptors (Lipinski definition) is 6. The Balaban J connectivity index is 1.35. The van der Waals surface area contributed by atoms with Crippen LogP contribution in [0.5, 0.6) is 0 Å². The number of benzene rings is 4. The highest BCUT2D eigenvalue weighted by Gasteiger charge is 2.64. The van der Waals surface area contributed by atoms with Crippen LogP contribution in [0.15, 0.2) is 109 Å². The van der Waals surface area contributed by atoms with E-state index in [2.05, 4.69) is 36.2 Å². The Kier molecular flexibility index (Phi) is 5.91. The molecule has 0 saturated carbocycles. The third-order valence-electron chi connectivity index (χ3n) is 9.46. The highest BCUT2D eigenvalue weighted by atomic mass is 16.6. The monoisotopic (exact) mass is 566 g/mol. The van der Waals surface area contributed by atoms with Gasteiger partial charge in [-0.05, 0) is 42.3 Å². The molecule has 3 aliphatic rings. The zero-order valence-corrected chi connectivity index (χ0v) is 23.8. The third kappa shape index (κ3) is 3.78.